The molecule has 0 spiro atoms. The number of anilines is 1. The number of hydrogen-bond acceptors (Lipinski definition) is 3. The highest BCUT2D eigenvalue weighted by molar-refractivity contribution is 9.11. The standard InChI is InChI=1S/C20H16Br2FNO2S/c1-11-3-4-17(12(2)5-11)26-9-13-6-18(27-10-13)20(25)24-19-15(21)7-14(23)8-16(19)22/h3-8,10H,9H2,1-2H3,(H,24,25). The van der Waals surface area contributed by atoms with E-state index in [0.29, 0.717) is 26.1 Å². The molecule has 0 unspecified atom stereocenters. The molecule has 2 aromatic carbocycles. The van der Waals surface area contributed by atoms with Gasteiger partial charge in [-0.2, -0.15) is 0 Å². The Morgan fingerprint density at radius 2 is 1.85 bits per heavy atom. The molecule has 0 atom stereocenters. The van der Waals surface area contributed by atoms with Crippen LogP contribution in [0.1, 0.15) is 26.4 Å². The van der Waals surface area contributed by atoms with E-state index >= 15 is 0 Å². The lowest BCUT2D eigenvalue weighted by atomic mass is 10.1. The monoisotopic (exact) mass is 511 g/mol. The van der Waals surface area contributed by atoms with Crippen molar-refractivity contribution in [1.82, 2.24) is 0 Å². The van der Waals surface area contributed by atoms with Gasteiger partial charge in [0.25, 0.3) is 5.91 Å². The number of hydrogen-bond donors (Lipinski definition) is 1. The number of rotatable bonds is 5. The second kappa shape index (κ2) is 8.54. The molecule has 1 N–H and O–H groups in total. The molecule has 0 saturated heterocycles. The van der Waals surface area contributed by atoms with E-state index in [2.05, 4.69) is 43.2 Å². The Morgan fingerprint density at radius 3 is 2.52 bits per heavy atom. The molecule has 140 valence electrons. The van der Waals surface area contributed by atoms with Crippen molar-refractivity contribution in [2.75, 3.05) is 5.32 Å². The highest BCUT2D eigenvalue weighted by Gasteiger charge is 2.15. The summed E-state index contributed by atoms with van der Waals surface area (Å²) in [6, 6.07) is 10.4. The number of carbonyl (C=O) groups excluding carboxylic acids is 1. The van der Waals surface area contributed by atoms with E-state index in [-0.39, 0.29) is 5.91 Å². The van der Waals surface area contributed by atoms with Crippen LogP contribution < -0.4 is 10.1 Å². The van der Waals surface area contributed by atoms with Crippen molar-refractivity contribution < 1.29 is 13.9 Å². The van der Waals surface area contributed by atoms with Crippen LogP contribution in [0, 0.1) is 19.7 Å². The second-order valence-electron chi connectivity index (χ2n) is 6.08. The Labute approximate surface area is 177 Å². The quantitative estimate of drug-likeness (QED) is 0.405. The van der Waals surface area contributed by atoms with E-state index in [1.165, 1.54) is 29.0 Å². The highest BCUT2D eigenvalue weighted by atomic mass is 79.9. The molecular formula is C20H16Br2FNO2S. The normalized spacial score (nSPS) is 10.7. The second-order valence-corrected chi connectivity index (χ2v) is 8.70. The van der Waals surface area contributed by atoms with Crippen LogP contribution in [-0.2, 0) is 6.61 Å². The van der Waals surface area contributed by atoms with Gasteiger partial charge in [-0.1, -0.05) is 17.7 Å². The Morgan fingerprint density at radius 1 is 1.15 bits per heavy atom. The van der Waals surface area contributed by atoms with Gasteiger partial charge in [-0.05, 0) is 80.9 Å². The Balaban J connectivity index is 1.67. The van der Waals surface area contributed by atoms with Crippen molar-refractivity contribution in [3.63, 3.8) is 0 Å². The third-order valence-corrected chi connectivity index (χ3v) is 6.08. The van der Waals surface area contributed by atoms with Gasteiger partial charge in [0.2, 0.25) is 0 Å². The van der Waals surface area contributed by atoms with Gasteiger partial charge in [0.05, 0.1) is 10.6 Å². The first-order valence-corrected chi connectivity index (χ1v) is 10.5. The van der Waals surface area contributed by atoms with Crippen molar-refractivity contribution in [3.8, 4) is 5.75 Å². The zero-order valence-electron chi connectivity index (χ0n) is 14.6. The molecule has 0 bridgehead atoms. The first kappa shape index (κ1) is 20.0. The number of carbonyl (C=O) groups is 1. The maximum atomic E-state index is 13.4. The number of amides is 1. The van der Waals surface area contributed by atoms with Crippen LogP contribution in [0.5, 0.6) is 5.75 Å². The first-order chi connectivity index (χ1) is 12.8. The lowest BCUT2D eigenvalue weighted by Gasteiger charge is -2.09. The summed E-state index contributed by atoms with van der Waals surface area (Å²) in [4.78, 5) is 13.1. The van der Waals surface area contributed by atoms with Gasteiger partial charge in [0, 0.05) is 14.5 Å². The molecule has 0 aliphatic rings. The first-order valence-electron chi connectivity index (χ1n) is 8.07. The summed E-state index contributed by atoms with van der Waals surface area (Å²) in [6.07, 6.45) is 0. The van der Waals surface area contributed by atoms with Crippen molar-refractivity contribution in [2.45, 2.75) is 20.5 Å². The average Bonchev–Trinajstić information content (AvgIpc) is 3.06. The fourth-order valence-corrected chi connectivity index (χ4v) is 4.65. The molecule has 0 radical (unpaired) electrons. The van der Waals surface area contributed by atoms with E-state index < -0.39 is 5.82 Å². The van der Waals surface area contributed by atoms with Gasteiger partial charge in [-0.15, -0.1) is 11.3 Å². The van der Waals surface area contributed by atoms with Gasteiger partial charge in [-0.25, -0.2) is 4.39 Å². The molecule has 0 aliphatic heterocycles. The maximum absolute atomic E-state index is 13.4. The zero-order valence-corrected chi connectivity index (χ0v) is 18.6. The fraction of sp³-hybridized carbons (Fsp3) is 0.150. The molecule has 1 aromatic heterocycles. The van der Waals surface area contributed by atoms with Crippen molar-refractivity contribution >= 4 is 54.8 Å². The van der Waals surface area contributed by atoms with E-state index in [0.717, 1.165) is 16.9 Å². The van der Waals surface area contributed by atoms with Crippen LogP contribution in [0.2, 0.25) is 0 Å². The van der Waals surface area contributed by atoms with Crippen molar-refractivity contribution in [1.29, 1.82) is 0 Å². The number of thiophene rings is 1. The van der Waals surface area contributed by atoms with Gasteiger partial charge in [-0.3, -0.25) is 4.79 Å². The van der Waals surface area contributed by atoms with Gasteiger partial charge < -0.3 is 10.1 Å². The lowest BCUT2D eigenvalue weighted by Crippen LogP contribution is -2.11. The van der Waals surface area contributed by atoms with Crippen LogP contribution in [0.15, 0.2) is 50.7 Å². The summed E-state index contributed by atoms with van der Waals surface area (Å²) in [5.74, 6) is 0.177. The molecule has 7 heteroatoms. The van der Waals surface area contributed by atoms with Crippen LogP contribution >= 0.6 is 43.2 Å². The SMILES string of the molecule is Cc1ccc(OCc2csc(C(=O)Nc3c(Br)cc(F)cc3Br)c2)c(C)c1. The summed E-state index contributed by atoms with van der Waals surface area (Å²) in [6.45, 7) is 4.43. The molecule has 0 aliphatic carbocycles. The minimum Gasteiger partial charge on any atom is -0.489 e. The largest absolute Gasteiger partial charge is 0.489 e. The molecular weight excluding hydrogens is 497 g/mol. The molecule has 27 heavy (non-hydrogen) atoms. The number of halogens is 3. The summed E-state index contributed by atoms with van der Waals surface area (Å²) in [7, 11) is 0. The van der Waals surface area contributed by atoms with Crippen LogP contribution in [0.25, 0.3) is 0 Å². The summed E-state index contributed by atoms with van der Waals surface area (Å²) < 4.78 is 20.2. The van der Waals surface area contributed by atoms with Gasteiger partial charge in [0.15, 0.2) is 0 Å². The topological polar surface area (TPSA) is 38.3 Å². The van der Waals surface area contributed by atoms with Gasteiger partial charge in [0.1, 0.15) is 18.2 Å². The third kappa shape index (κ3) is 4.97. The summed E-state index contributed by atoms with van der Waals surface area (Å²) >= 11 is 7.87. The number of aryl methyl sites for hydroxylation is 2. The minimum atomic E-state index is -0.395. The summed E-state index contributed by atoms with van der Waals surface area (Å²) in [5, 5.41) is 4.69. The molecule has 3 rings (SSSR count). The van der Waals surface area contributed by atoms with Crippen LogP contribution in [0.4, 0.5) is 10.1 Å². The molecule has 1 amide bonds. The zero-order chi connectivity index (χ0) is 19.6. The number of benzene rings is 2. The predicted octanol–water partition coefficient (Wildman–Crippen LogP) is 6.86. The predicted molar refractivity (Wildman–Crippen MR) is 114 cm³/mol. The van der Waals surface area contributed by atoms with Crippen LogP contribution in [0.3, 0.4) is 0 Å². The number of nitrogens with one attached hydrogen (secondary N) is 1. The third-order valence-electron chi connectivity index (χ3n) is 3.85. The molecule has 0 fully saturated rings. The molecule has 3 aromatic rings. The minimum absolute atomic E-state index is 0.259. The Kier molecular flexibility index (Phi) is 6.34. The van der Waals surface area contributed by atoms with Crippen molar-refractivity contribution in [3.05, 3.63) is 78.1 Å². The number of ether oxygens (including phenoxy) is 1. The van der Waals surface area contributed by atoms with Crippen LogP contribution in [-0.4, -0.2) is 5.91 Å². The Bertz CT molecular complexity index is 980. The maximum Gasteiger partial charge on any atom is 0.265 e. The van der Waals surface area contributed by atoms with E-state index in [4.69, 9.17) is 4.74 Å². The highest BCUT2D eigenvalue weighted by Crippen LogP contribution is 2.33. The van der Waals surface area contributed by atoms with E-state index in [9.17, 15) is 9.18 Å². The van der Waals surface area contributed by atoms with E-state index in [1.807, 2.05) is 31.4 Å². The Hall–Kier alpha value is -1.70. The molecule has 0 saturated carbocycles. The summed E-state index contributed by atoms with van der Waals surface area (Å²) in [5.41, 5.74) is 3.67. The molecule has 3 nitrogen and oxygen atoms in total. The molecule has 1 heterocycles. The van der Waals surface area contributed by atoms with Gasteiger partial charge >= 0.3 is 0 Å². The fourth-order valence-electron chi connectivity index (χ4n) is 2.53. The van der Waals surface area contributed by atoms with Crippen molar-refractivity contribution in [2.24, 2.45) is 0 Å². The average molecular weight is 513 g/mol. The lowest BCUT2D eigenvalue weighted by molar-refractivity contribution is 0.103. The smallest absolute Gasteiger partial charge is 0.265 e. The van der Waals surface area contributed by atoms with E-state index in [1.54, 1.807) is 6.07 Å².